The van der Waals surface area contributed by atoms with E-state index in [2.05, 4.69) is 9.88 Å². The molecule has 2 fully saturated rings. The number of sulfonamides is 1. The number of piperazine rings is 1. The molecule has 4 heterocycles. The van der Waals surface area contributed by atoms with Gasteiger partial charge in [0.15, 0.2) is 0 Å². The fourth-order valence-electron chi connectivity index (χ4n) is 4.68. The molecule has 1 amide bonds. The first-order chi connectivity index (χ1) is 16.4. The Morgan fingerprint density at radius 3 is 2.44 bits per heavy atom. The van der Waals surface area contributed by atoms with Crippen LogP contribution in [0, 0.1) is 5.92 Å². The van der Waals surface area contributed by atoms with Crippen LogP contribution >= 0.6 is 0 Å². The molecule has 178 valence electrons. The Kier molecular flexibility index (Phi) is 6.09. The Labute approximate surface area is 197 Å². The number of amides is 1. The van der Waals surface area contributed by atoms with Gasteiger partial charge in [-0.15, -0.1) is 0 Å². The number of pyridine rings is 1. The van der Waals surface area contributed by atoms with Gasteiger partial charge in [0.05, 0.1) is 11.4 Å². The zero-order valence-electron chi connectivity index (χ0n) is 18.7. The molecule has 0 radical (unpaired) electrons. The van der Waals surface area contributed by atoms with Crippen molar-refractivity contribution in [3.63, 3.8) is 0 Å². The number of carbonyl (C=O) groups excluding carboxylic acids is 1. The average molecular weight is 483 g/mol. The van der Waals surface area contributed by atoms with Gasteiger partial charge in [0, 0.05) is 62.3 Å². The van der Waals surface area contributed by atoms with Crippen molar-refractivity contribution in [1.82, 2.24) is 14.2 Å². The summed E-state index contributed by atoms with van der Waals surface area (Å²) in [6, 6.07) is 11.2. The second-order valence-corrected chi connectivity index (χ2v) is 10.7. The highest BCUT2D eigenvalue weighted by atomic mass is 32.2. The Bertz CT molecular complexity index is 1350. The van der Waals surface area contributed by atoms with Crippen molar-refractivity contribution in [3.8, 4) is 0 Å². The second kappa shape index (κ2) is 9.19. The summed E-state index contributed by atoms with van der Waals surface area (Å²) in [5.41, 5.74) is 0.995. The first kappa shape index (κ1) is 22.5. The number of rotatable bonds is 5. The molecular weight excluding hydrogens is 456 g/mol. The van der Waals surface area contributed by atoms with Gasteiger partial charge in [-0.1, -0.05) is 0 Å². The molecule has 0 atom stereocenters. The lowest BCUT2D eigenvalue weighted by molar-refractivity contribution is -0.134. The third-order valence-corrected chi connectivity index (χ3v) is 8.47. The van der Waals surface area contributed by atoms with E-state index < -0.39 is 15.6 Å². The van der Waals surface area contributed by atoms with Crippen molar-refractivity contribution >= 4 is 32.6 Å². The number of benzene rings is 1. The van der Waals surface area contributed by atoms with Gasteiger partial charge in [-0.05, 0) is 55.2 Å². The van der Waals surface area contributed by atoms with Gasteiger partial charge in [-0.3, -0.25) is 9.78 Å². The van der Waals surface area contributed by atoms with Crippen LogP contribution in [0.3, 0.4) is 0 Å². The number of anilines is 1. The van der Waals surface area contributed by atoms with Crippen LogP contribution in [0.5, 0.6) is 0 Å². The standard InChI is InChI=1S/C24H26N4O5S/c29-23-17-28(34(31,32)21-2-3-22-19(15-21)1-4-24(30)33-22)14-13-27(23)16-18-7-11-26(12-8-18)20-5-9-25-10-6-20/h1-6,9-10,15,18H,7-8,11-14,16-17H2. The molecule has 0 aliphatic carbocycles. The fraction of sp³-hybridized carbons (Fsp3) is 0.375. The lowest BCUT2D eigenvalue weighted by Crippen LogP contribution is -2.53. The number of carbonyl (C=O) groups is 1. The largest absolute Gasteiger partial charge is 0.423 e. The maximum absolute atomic E-state index is 13.2. The van der Waals surface area contributed by atoms with E-state index in [-0.39, 0.29) is 23.9 Å². The van der Waals surface area contributed by atoms with E-state index in [4.69, 9.17) is 4.42 Å². The number of aromatic nitrogens is 1. The molecule has 0 unspecified atom stereocenters. The van der Waals surface area contributed by atoms with E-state index in [1.165, 1.54) is 40.3 Å². The van der Waals surface area contributed by atoms with Crippen molar-refractivity contribution in [2.45, 2.75) is 17.7 Å². The molecule has 0 bridgehead atoms. The van der Waals surface area contributed by atoms with Crippen molar-refractivity contribution < 1.29 is 17.6 Å². The lowest BCUT2D eigenvalue weighted by atomic mass is 9.95. The maximum Gasteiger partial charge on any atom is 0.336 e. The van der Waals surface area contributed by atoms with E-state index in [0.29, 0.717) is 30.0 Å². The Balaban J connectivity index is 1.20. The first-order valence-electron chi connectivity index (χ1n) is 11.4. The third kappa shape index (κ3) is 4.55. The second-order valence-electron chi connectivity index (χ2n) is 8.77. The SMILES string of the molecule is O=C1CN(S(=O)(=O)c2ccc3oc(=O)ccc3c2)CCN1CC1CCN(c2ccncc2)CC1. The van der Waals surface area contributed by atoms with Gasteiger partial charge in [-0.2, -0.15) is 4.31 Å². The predicted molar refractivity (Wildman–Crippen MR) is 127 cm³/mol. The molecule has 2 aliphatic rings. The normalized spacial score (nSPS) is 18.5. The minimum Gasteiger partial charge on any atom is -0.423 e. The van der Waals surface area contributed by atoms with Crippen LogP contribution in [0.4, 0.5) is 5.69 Å². The van der Waals surface area contributed by atoms with Gasteiger partial charge in [-0.25, -0.2) is 13.2 Å². The van der Waals surface area contributed by atoms with Crippen LogP contribution in [0.25, 0.3) is 11.0 Å². The average Bonchev–Trinajstić information content (AvgIpc) is 2.86. The molecule has 0 N–H and O–H groups in total. The van der Waals surface area contributed by atoms with E-state index in [0.717, 1.165) is 25.9 Å². The number of hydrogen-bond donors (Lipinski definition) is 0. The van der Waals surface area contributed by atoms with Crippen LogP contribution in [-0.2, 0) is 14.8 Å². The quantitative estimate of drug-likeness (QED) is 0.512. The summed E-state index contributed by atoms with van der Waals surface area (Å²) in [6.45, 7) is 2.99. The van der Waals surface area contributed by atoms with Crippen LogP contribution < -0.4 is 10.5 Å². The van der Waals surface area contributed by atoms with Gasteiger partial charge in [0.2, 0.25) is 15.9 Å². The van der Waals surface area contributed by atoms with Crippen molar-refractivity contribution in [2.75, 3.05) is 44.2 Å². The molecule has 34 heavy (non-hydrogen) atoms. The highest BCUT2D eigenvalue weighted by Crippen LogP contribution is 2.26. The van der Waals surface area contributed by atoms with Gasteiger partial charge >= 0.3 is 5.63 Å². The molecule has 5 rings (SSSR count). The summed E-state index contributed by atoms with van der Waals surface area (Å²) in [5, 5.41) is 0.517. The molecule has 2 aromatic heterocycles. The molecule has 2 saturated heterocycles. The topological polar surface area (TPSA) is 104 Å². The fourth-order valence-corrected chi connectivity index (χ4v) is 6.10. The minimum absolute atomic E-state index is 0.0820. The Hall–Kier alpha value is -3.24. The van der Waals surface area contributed by atoms with Gasteiger partial charge < -0.3 is 14.2 Å². The van der Waals surface area contributed by atoms with E-state index >= 15 is 0 Å². The monoisotopic (exact) mass is 482 g/mol. The summed E-state index contributed by atoms with van der Waals surface area (Å²) in [7, 11) is -3.84. The number of hydrogen-bond acceptors (Lipinski definition) is 7. The zero-order chi connectivity index (χ0) is 23.7. The summed E-state index contributed by atoms with van der Waals surface area (Å²) >= 11 is 0. The highest BCUT2D eigenvalue weighted by Gasteiger charge is 2.34. The van der Waals surface area contributed by atoms with E-state index in [1.54, 1.807) is 17.3 Å². The summed E-state index contributed by atoms with van der Waals surface area (Å²) in [5.74, 6) is 0.235. The first-order valence-corrected chi connectivity index (χ1v) is 12.8. The zero-order valence-corrected chi connectivity index (χ0v) is 19.5. The van der Waals surface area contributed by atoms with E-state index in [1.807, 2.05) is 12.1 Å². The smallest absolute Gasteiger partial charge is 0.336 e. The molecule has 2 aliphatic heterocycles. The highest BCUT2D eigenvalue weighted by molar-refractivity contribution is 7.89. The van der Waals surface area contributed by atoms with Crippen molar-refractivity contribution in [3.05, 3.63) is 65.3 Å². The van der Waals surface area contributed by atoms with Crippen LogP contribution in [-0.4, -0.2) is 67.8 Å². The number of nitrogens with zero attached hydrogens (tertiary/aromatic N) is 4. The van der Waals surface area contributed by atoms with Crippen molar-refractivity contribution in [1.29, 1.82) is 0 Å². The number of piperidine rings is 1. The van der Waals surface area contributed by atoms with Crippen LogP contribution in [0.15, 0.2) is 69.0 Å². The van der Waals surface area contributed by atoms with Crippen LogP contribution in [0.2, 0.25) is 0 Å². The molecule has 0 saturated carbocycles. The lowest BCUT2D eigenvalue weighted by Gasteiger charge is -2.38. The molecule has 0 spiro atoms. The van der Waals surface area contributed by atoms with E-state index in [9.17, 15) is 18.0 Å². The minimum atomic E-state index is -3.84. The molecule has 9 nitrogen and oxygen atoms in total. The molecule has 10 heteroatoms. The number of fused-ring (bicyclic) bond motifs is 1. The van der Waals surface area contributed by atoms with Crippen LogP contribution in [0.1, 0.15) is 12.8 Å². The predicted octanol–water partition coefficient (Wildman–Crippen LogP) is 1.94. The van der Waals surface area contributed by atoms with Gasteiger partial charge in [0.25, 0.3) is 0 Å². The summed E-state index contributed by atoms with van der Waals surface area (Å²) < 4.78 is 32.6. The summed E-state index contributed by atoms with van der Waals surface area (Å²) in [4.78, 5) is 32.5. The molecule has 3 aromatic rings. The van der Waals surface area contributed by atoms with Gasteiger partial charge in [0.1, 0.15) is 5.58 Å². The van der Waals surface area contributed by atoms with Crippen molar-refractivity contribution in [2.24, 2.45) is 5.92 Å². The Morgan fingerprint density at radius 2 is 1.71 bits per heavy atom. The Morgan fingerprint density at radius 1 is 0.941 bits per heavy atom. The molecular formula is C24H26N4O5S. The third-order valence-electron chi connectivity index (χ3n) is 6.63. The summed E-state index contributed by atoms with van der Waals surface area (Å²) in [6.07, 6.45) is 5.56. The molecule has 1 aromatic carbocycles. The maximum atomic E-state index is 13.2.